The van der Waals surface area contributed by atoms with Crippen molar-refractivity contribution in [3.8, 4) is 0 Å². The lowest BCUT2D eigenvalue weighted by Gasteiger charge is -2.37. The molecule has 2 bridgehead atoms. The van der Waals surface area contributed by atoms with Crippen LogP contribution in [0, 0.1) is 35.5 Å². The van der Waals surface area contributed by atoms with Crippen LogP contribution in [0.25, 0.3) is 0 Å². The number of nitrogens with zero attached hydrogens (tertiary/aromatic N) is 1. The molecule has 33 heavy (non-hydrogen) atoms. The molecule has 2 amide bonds. The van der Waals surface area contributed by atoms with Gasteiger partial charge in [0.2, 0.25) is 11.8 Å². The molecule has 4 aliphatic carbocycles. The summed E-state index contributed by atoms with van der Waals surface area (Å²) in [5.41, 5.74) is 1.01. The summed E-state index contributed by atoms with van der Waals surface area (Å²) in [5, 5.41) is 0. The lowest BCUT2D eigenvalue weighted by atomic mass is 9.63. The van der Waals surface area contributed by atoms with Crippen molar-refractivity contribution in [2.75, 3.05) is 11.5 Å². The van der Waals surface area contributed by atoms with E-state index in [0.29, 0.717) is 23.1 Å². The van der Waals surface area contributed by atoms with E-state index in [1.165, 1.54) is 11.0 Å². The first-order valence-electron chi connectivity index (χ1n) is 11.1. The minimum atomic E-state index is -0.679. The first-order chi connectivity index (χ1) is 15.9. The first-order valence-corrected chi connectivity index (χ1v) is 11.9. The van der Waals surface area contributed by atoms with Gasteiger partial charge in [0.15, 0.2) is 12.4 Å². The van der Waals surface area contributed by atoms with E-state index in [0.717, 1.165) is 10.9 Å². The summed E-state index contributed by atoms with van der Waals surface area (Å²) >= 11 is 3.31. The third-order valence-corrected chi connectivity index (χ3v) is 8.03. The first kappa shape index (κ1) is 20.5. The zero-order chi connectivity index (χ0) is 22.9. The van der Waals surface area contributed by atoms with Gasteiger partial charge in [-0.05, 0) is 60.4 Å². The average Bonchev–Trinajstić information content (AvgIpc) is 3.61. The number of ether oxygens (including phenoxy) is 1. The maximum atomic E-state index is 13.3. The molecule has 166 valence electrons. The summed E-state index contributed by atoms with van der Waals surface area (Å²) in [6.07, 6.45) is 5.37. The summed E-state index contributed by atoms with van der Waals surface area (Å²) in [4.78, 5) is 52.7. The molecule has 1 aliphatic heterocycles. The molecule has 7 rings (SSSR count). The van der Waals surface area contributed by atoms with E-state index < -0.39 is 12.6 Å². The van der Waals surface area contributed by atoms with Crippen LogP contribution in [0.1, 0.15) is 27.1 Å². The Hall–Kier alpha value is -3.06. The van der Waals surface area contributed by atoms with Gasteiger partial charge in [-0.15, -0.1) is 0 Å². The van der Waals surface area contributed by atoms with E-state index in [1.54, 1.807) is 42.5 Å². The van der Waals surface area contributed by atoms with Gasteiger partial charge in [-0.1, -0.05) is 46.3 Å². The van der Waals surface area contributed by atoms with Crippen LogP contribution in [0.5, 0.6) is 0 Å². The normalized spacial score (nSPS) is 30.8. The standard InChI is InChI=1S/C26H20BrNO5/c27-15-6-4-13(5-7-15)21(29)12-33-26(32)14-2-1-3-16(10-14)28-24(30)22-17-8-9-18(20-11-19(17)20)23(22)25(28)31/h1-10,17-20,22-23H,11-12H2/t17-,18-,19-,20+,22-,23+/m0/s1. The molecule has 3 fully saturated rings. The number of amides is 2. The van der Waals surface area contributed by atoms with Gasteiger partial charge in [-0.3, -0.25) is 14.4 Å². The highest BCUT2D eigenvalue weighted by Gasteiger charge is 2.67. The Bertz CT molecular complexity index is 1200. The summed E-state index contributed by atoms with van der Waals surface area (Å²) in [6, 6.07) is 13.1. The van der Waals surface area contributed by atoms with Crippen molar-refractivity contribution < 1.29 is 23.9 Å². The van der Waals surface area contributed by atoms with Crippen LogP contribution in [0.3, 0.4) is 0 Å². The lowest BCUT2D eigenvalue weighted by molar-refractivity contribution is -0.124. The second-order valence-corrected chi connectivity index (χ2v) is 10.1. The Balaban J connectivity index is 1.18. The second-order valence-electron chi connectivity index (χ2n) is 9.22. The van der Waals surface area contributed by atoms with Crippen molar-refractivity contribution in [2.24, 2.45) is 35.5 Å². The number of benzene rings is 2. The number of rotatable bonds is 5. The fraction of sp³-hybridized carbons (Fsp3) is 0.308. The molecule has 7 heteroatoms. The van der Waals surface area contributed by atoms with E-state index >= 15 is 0 Å². The molecule has 2 saturated carbocycles. The summed E-state index contributed by atoms with van der Waals surface area (Å²) < 4.78 is 6.05. The number of ketones is 1. The van der Waals surface area contributed by atoms with Crippen molar-refractivity contribution in [2.45, 2.75) is 6.42 Å². The summed E-state index contributed by atoms with van der Waals surface area (Å²) in [5.74, 6) is -0.593. The highest BCUT2D eigenvalue weighted by Crippen LogP contribution is 2.65. The number of carbonyl (C=O) groups excluding carboxylic acids is 4. The summed E-state index contributed by atoms with van der Waals surface area (Å²) in [7, 11) is 0. The van der Waals surface area contributed by atoms with Gasteiger partial charge >= 0.3 is 5.97 Å². The minimum Gasteiger partial charge on any atom is -0.454 e. The van der Waals surface area contributed by atoms with Crippen molar-refractivity contribution in [1.82, 2.24) is 0 Å². The number of esters is 1. The van der Waals surface area contributed by atoms with E-state index in [9.17, 15) is 19.2 Å². The molecule has 0 radical (unpaired) electrons. The van der Waals surface area contributed by atoms with Crippen molar-refractivity contribution >= 4 is 45.2 Å². The number of anilines is 1. The van der Waals surface area contributed by atoms with E-state index in [-0.39, 0.29) is 46.8 Å². The van der Waals surface area contributed by atoms with Crippen LogP contribution in [-0.4, -0.2) is 30.2 Å². The topological polar surface area (TPSA) is 80.8 Å². The van der Waals surface area contributed by atoms with E-state index in [1.807, 2.05) is 0 Å². The maximum absolute atomic E-state index is 13.3. The maximum Gasteiger partial charge on any atom is 0.338 e. The number of carbonyl (C=O) groups is 4. The Labute approximate surface area is 198 Å². The van der Waals surface area contributed by atoms with Gasteiger partial charge in [-0.25, -0.2) is 9.69 Å². The quantitative estimate of drug-likeness (QED) is 0.265. The smallest absolute Gasteiger partial charge is 0.338 e. The molecule has 2 aromatic carbocycles. The predicted molar refractivity (Wildman–Crippen MR) is 122 cm³/mol. The highest BCUT2D eigenvalue weighted by atomic mass is 79.9. The molecule has 2 aromatic rings. The number of halogens is 1. The Morgan fingerprint density at radius 3 is 2.18 bits per heavy atom. The third-order valence-electron chi connectivity index (χ3n) is 7.50. The molecule has 1 heterocycles. The molecule has 0 aromatic heterocycles. The molecular formula is C26H20BrNO5. The van der Waals surface area contributed by atoms with Gasteiger partial charge in [0.25, 0.3) is 0 Å². The Morgan fingerprint density at radius 2 is 1.55 bits per heavy atom. The molecule has 0 N–H and O–H groups in total. The minimum absolute atomic E-state index is 0.143. The van der Waals surface area contributed by atoms with Crippen molar-refractivity contribution in [3.63, 3.8) is 0 Å². The Morgan fingerprint density at radius 1 is 0.909 bits per heavy atom. The second kappa shape index (κ2) is 7.48. The van der Waals surface area contributed by atoms with Crippen LogP contribution in [-0.2, 0) is 14.3 Å². The van der Waals surface area contributed by atoms with Crippen LogP contribution in [0.15, 0.2) is 65.2 Å². The number of Topliss-reactive ketones (excluding diaryl/α,β-unsaturated/α-hetero) is 1. The van der Waals surface area contributed by atoms with E-state index in [2.05, 4.69) is 28.1 Å². The Kier molecular flexibility index (Phi) is 4.66. The molecule has 6 nitrogen and oxygen atoms in total. The predicted octanol–water partition coefficient (Wildman–Crippen LogP) is 4.05. The van der Waals surface area contributed by atoms with Gasteiger partial charge in [0.05, 0.1) is 23.1 Å². The lowest BCUT2D eigenvalue weighted by Crippen LogP contribution is -2.40. The van der Waals surface area contributed by atoms with Crippen LogP contribution in [0.4, 0.5) is 5.69 Å². The number of imide groups is 1. The number of allylic oxidation sites excluding steroid dienone is 2. The van der Waals surface area contributed by atoms with Crippen molar-refractivity contribution in [3.05, 3.63) is 76.3 Å². The van der Waals surface area contributed by atoms with Crippen LogP contribution in [0.2, 0.25) is 0 Å². The monoisotopic (exact) mass is 505 g/mol. The largest absolute Gasteiger partial charge is 0.454 e. The fourth-order valence-corrected chi connectivity index (χ4v) is 6.18. The molecule has 0 spiro atoms. The molecule has 0 unspecified atom stereocenters. The van der Waals surface area contributed by atoms with Gasteiger partial charge in [-0.2, -0.15) is 0 Å². The number of hydrogen-bond acceptors (Lipinski definition) is 5. The zero-order valence-corrected chi connectivity index (χ0v) is 19.1. The van der Waals surface area contributed by atoms with Gasteiger partial charge in [0.1, 0.15) is 0 Å². The van der Waals surface area contributed by atoms with Crippen LogP contribution < -0.4 is 4.90 Å². The highest BCUT2D eigenvalue weighted by molar-refractivity contribution is 9.10. The van der Waals surface area contributed by atoms with Crippen molar-refractivity contribution in [1.29, 1.82) is 0 Å². The van der Waals surface area contributed by atoms with Gasteiger partial charge < -0.3 is 4.74 Å². The average molecular weight is 506 g/mol. The molecular weight excluding hydrogens is 486 g/mol. The third kappa shape index (κ3) is 3.21. The molecule has 5 aliphatic rings. The van der Waals surface area contributed by atoms with Gasteiger partial charge in [0, 0.05) is 10.0 Å². The molecule has 1 saturated heterocycles. The molecule has 6 atom stereocenters. The number of hydrogen-bond donors (Lipinski definition) is 0. The fourth-order valence-electron chi connectivity index (χ4n) is 5.92. The van der Waals surface area contributed by atoms with Crippen LogP contribution >= 0.6 is 15.9 Å². The zero-order valence-electron chi connectivity index (χ0n) is 17.5. The van der Waals surface area contributed by atoms with E-state index in [4.69, 9.17) is 4.74 Å². The SMILES string of the molecule is O=C(COC(=O)c1cccc(N2C(=O)[C@@H]3[C@H]4C=C[C@@H]([C@@H]5C[C@H]45)[C@@H]3C2=O)c1)c1ccc(Br)cc1. The summed E-state index contributed by atoms with van der Waals surface area (Å²) in [6.45, 7) is -0.395.